The number of piperidine rings is 1. The van der Waals surface area contributed by atoms with Crippen molar-refractivity contribution in [3.8, 4) is 0 Å². The summed E-state index contributed by atoms with van der Waals surface area (Å²) in [5.41, 5.74) is 5.87. The average molecular weight is 292 g/mol. The van der Waals surface area contributed by atoms with E-state index in [0.29, 0.717) is 18.0 Å². The van der Waals surface area contributed by atoms with E-state index in [9.17, 15) is 0 Å². The Labute approximate surface area is 125 Å². The molecule has 2 aliphatic rings. The van der Waals surface area contributed by atoms with E-state index in [1.54, 1.807) is 0 Å². The molecule has 0 atom stereocenters. The lowest BCUT2D eigenvalue weighted by Gasteiger charge is -2.32. The van der Waals surface area contributed by atoms with Gasteiger partial charge >= 0.3 is 0 Å². The Bertz CT molecular complexity index is 469. The molecule has 3 rings (SSSR count). The minimum absolute atomic E-state index is 0.314. The van der Waals surface area contributed by atoms with Crippen LogP contribution in [0, 0.1) is 0 Å². The van der Waals surface area contributed by atoms with Gasteiger partial charge in [-0.05, 0) is 32.6 Å². The van der Waals surface area contributed by atoms with Gasteiger partial charge in [0.1, 0.15) is 0 Å². The maximum atomic E-state index is 5.87. The van der Waals surface area contributed by atoms with Crippen LogP contribution in [0.15, 0.2) is 0 Å². The third-order valence-corrected chi connectivity index (χ3v) is 4.15. The van der Waals surface area contributed by atoms with Crippen molar-refractivity contribution in [3.05, 3.63) is 0 Å². The summed E-state index contributed by atoms with van der Waals surface area (Å²) in [5.74, 6) is 1.75. The second kappa shape index (κ2) is 6.43. The van der Waals surface area contributed by atoms with Gasteiger partial charge in [0.15, 0.2) is 0 Å². The Morgan fingerprint density at radius 2 is 1.57 bits per heavy atom. The summed E-state index contributed by atoms with van der Waals surface area (Å²) in [5, 5.41) is 0. The summed E-state index contributed by atoms with van der Waals surface area (Å²) in [4.78, 5) is 17.6. The zero-order valence-electron chi connectivity index (χ0n) is 12.7. The molecular formula is C14H24N6O. The predicted molar refractivity (Wildman–Crippen MR) is 82.5 cm³/mol. The zero-order valence-corrected chi connectivity index (χ0v) is 12.7. The van der Waals surface area contributed by atoms with Crippen molar-refractivity contribution >= 4 is 17.8 Å². The lowest BCUT2D eigenvalue weighted by Crippen LogP contribution is -2.38. The lowest BCUT2D eigenvalue weighted by molar-refractivity contribution is 0.0457. The Balaban J connectivity index is 1.70. The van der Waals surface area contributed by atoms with Crippen LogP contribution in [0.1, 0.15) is 32.6 Å². The molecule has 1 aromatic heterocycles. The van der Waals surface area contributed by atoms with Crippen LogP contribution in [0.25, 0.3) is 0 Å². The summed E-state index contributed by atoms with van der Waals surface area (Å²) in [6, 6.07) is 0. The molecule has 7 nitrogen and oxygen atoms in total. The number of rotatable bonds is 4. The van der Waals surface area contributed by atoms with Gasteiger partial charge in [0.2, 0.25) is 17.8 Å². The molecule has 1 aromatic rings. The highest BCUT2D eigenvalue weighted by Crippen LogP contribution is 2.22. The van der Waals surface area contributed by atoms with Crippen LogP contribution >= 0.6 is 0 Å². The van der Waals surface area contributed by atoms with Crippen LogP contribution in [-0.4, -0.2) is 53.8 Å². The van der Waals surface area contributed by atoms with Crippen molar-refractivity contribution in [2.75, 3.05) is 48.3 Å². The molecule has 2 fully saturated rings. The fraction of sp³-hybridized carbons (Fsp3) is 0.786. The van der Waals surface area contributed by atoms with E-state index in [0.717, 1.165) is 51.6 Å². The van der Waals surface area contributed by atoms with Crippen LogP contribution in [-0.2, 0) is 4.74 Å². The minimum Gasteiger partial charge on any atom is -0.378 e. The van der Waals surface area contributed by atoms with Gasteiger partial charge in [0.05, 0.1) is 6.10 Å². The Morgan fingerprint density at radius 1 is 1.00 bits per heavy atom. The molecule has 0 spiro atoms. The number of nitrogens with two attached hydrogens (primary N) is 1. The van der Waals surface area contributed by atoms with Crippen molar-refractivity contribution in [3.63, 3.8) is 0 Å². The van der Waals surface area contributed by atoms with Gasteiger partial charge in [0.25, 0.3) is 0 Å². The molecule has 7 heteroatoms. The molecule has 0 amide bonds. The van der Waals surface area contributed by atoms with Crippen LogP contribution in [0.3, 0.4) is 0 Å². The number of hydrogen-bond donors (Lipinski definition) is 1. The first-order valence-corrected chi connectivity index (χ1v) is 7.89. The molecule has 116 valence electrons. The second-order valence-electron chi connectivity index (χ2n) is 5.63. The third-order valence-electron chi connectivity index (χ3n) is 4.15. The molecule has 3 heterocycles. The smallest absolute Gasteiger partial charge is 0.231 e. The van der Waals surface area contributed by atoms with E-state index >= 15 is 0 Å². The molecule has 2 N–H and O–H groups in total. The highest BCUT2D eigenvalue weighted by atomic mass is 16.5. The molecule has 2 saturated heterocycles. The number of nitrogen functional groups attached to an aromatic ring is 1. The van der Waals surface area contributed by atoms with Crippen molar-refractivity contribution in [1.82, 2.24) is 15.0 Å². The summed E-state index contributed by atoms with van der Waals surface area (Å²) in [6.45, 7) is 6.66. The molecule has 21 heavy (non-hydrogen) atoms. The number of aromatic nitrogens is 3. The average Bonchev–Trinajstić information content (AvgIpc) is 3.02. The van der Waals surface area contributed by atoms with Gasteiger partial charge in [-0.15, -0.1) is 0 Å². The fourth-order valence-electron chi connectivity index (χ4n) is 3.03. The lowest BCUT2D eigenvalue weighted by atomic mass is 10.1. The maximum absolute atomic E-state index is 5.87. The van der Waals surface area contributed by atoms with Gasteiger partial charge in [-0.3, -0.25) is 0 Å². The first kappa shape index (κ1) is 14.3. The van der Waals surface area contributed by atoms with Crippen molar-refractivity contribution in [2.45, 2.75) is 38.7 Å². The van der Waals surface area contributed by atoms with Crippen LogP contribution in [0.4, 0.5) is 17.8 Å². The van der Waals surface area contributed by atoms with E-state index in [1.807, 2.05) is 6.92 Å². The molecule has 0 bridgehead atoms. The molecule has 0 saturated carbocycles. The Morgan fingerprint density at radius 3 is 2.14 bits per heavy atom. The summed E-state index contributed by atoms with van der Waals surface area (Å²) in [7, 11) is 0. The highest BCUT2D eigenvalue weighted by molar-refractivity contribution is 5.44. The molecule has 0 radical (unpaired) electrons. The van der Waals surface area contributed by atoms with E-state index < -0.39 is 0 Å². The quantitative estimate of drug-likeness (QED) is 0.888. The summed E-state index contributed by atoms with van der Waals surface area (Å²) in [6.07, 6.45) is 4.78. The van der Waals surface area contributed by atoms with Gasteiger partial charge < -0.3 is 20.3 Å². The van der Waals surface area contributed by atoms with Crippen molar-refractivity contribution in [2.24, 2.45) is 0 Å². The normalized spacial score (nSPS) is 20.2. The Kier molecular flexibility index (Phi) is 4.38. The molecule has 2 aliphatic heterocycles. The third kappa shape index (κ3) is 3.34. The topological polar surface area (TPSA) is 80.4 Å². The van der Waals surface area contributed by atoms with Crippen LogP contribution in [0.5, 0.6) is 0 Å². The van der Waals surface area contributed by atoms with Gasteiger partial charge in [-0.25, -0.2) is 0 Å². The second-order valence-corrected chi connectivity index (χ2v) is 5.63. The highest BCUT2D eigenvalue weighted by Gasteiger charge is 2.23. The standard InChI is InChI=1S/C14H24N6O/c1-2-21-11-5-9-20(10-6-11)14-17-12(15)16-13(18-14)19-7-3-4-8-19/h11H,2-10H2,1H3,(H2,15,16,17,18). The molecule has 0 unspecified atom stereocenters. The van der Waals surface area contributed by atoms with E-state index in [-0.39, 0.29) is 0 Å². The maximum Gasteiger partial charge on any atom is 0.231 e. The SMILES string of the molecule is CCOC1CCN(c2nc(N)nc(N3CCCC3)n2)CC1. The van der Waals surface area contributed by atoms with Gasteiger partial charge in [-0.1, -0.05) is 0 Å². The zero-order chi connectivity index (χ0) is 14.7. The van der Waals surface area contributed by atoms with Gasteiger partial charge in [-0.2, -0.15) is 15.0 Å². The van der Waals surface area contributed by atoms with E-state index in [2.05, 4.69) is 24.8 Å². The number of nitrogens with zero attached hydrogens (tertiary/aromatic N) is 5. The van der Waals surface area contributed by atoms with E-state index in [1.165, 1.54) is 12.8 Å². The molecule has 0 aliphatic carbocycles. The van der Waals surface area contributed by atoms with Crippen LogP contribution < -0.4 is 15.5 Å². The summed E-state index contributed by atoms with van der Waals surface area (Å²) >= 11 is 0. The van der Waals surface area contributed by atoms with Crippen LogP contribution in [0.2, 0.25) is 0 Å². The fourth-order valence-corrected chi connectivity index (χ4v) is 3.03. The van der Waals surface area contributed by atoms with Gasteiger partial charge in [0, 0.05) is 32.8 Å². The van der Waals surface area contributed by atoms with Crippen molar-refractivity contribution < 1.29 is 4.74 Å². The minimum atomic E-state index is 0.314. The predicted octanol–water partition coefficient (Wildman–Crippen LogP) is 1.06. The van der Waals surface area contributed by atoms with Crippen molar-refractivity contribution in [1.29, 1.82) is 0 Å². The first-order valence-electron chi connectivity index (χ1n) is 7.89. The molecule has 0 aromatic carbocycles. The number of hydrogen-bond acceptors (Lipinski definition) is 7. The summed E-state index contributed by atoms with van der Waals surface area (Å²) < 4.78 is 5.68. The van der Waals surface area contributed by atoms with E-state index in [4.69, 9.17) is 10.5 Å². The largest absolute Gasteiger partial charge is 0.378 e. The monoisotopic (exact) mass is 292 g/mol. The molecular weight excluding hydrogens is 268 g/mol. The number of anilines is 3. The first-order chi connectivity index (χ1) is 10.3. The number of ether oxygens (including phenoxy) is 1. The Hall–Kier alpha value is -1.63.